The molecule has 0 radical (unpaired) electrons. The summed E-state index contributed by atoms with van der Waals surface area (Å²) in [4.78, 5) is 8.53. The lowest BCUT2D eigenvalue weighted by atomic mass is 9.99. The van der Waals surface area contributed by atoms with Crippen LogP contribution in [0.15, 0.2) is 17.8 Å². The van der Waals surface area contributed by atoms with Gasteiger partial charge < -0.3 is 10.4 Å². The number of thiophene rings is 1. The predicted octanol–water partition coefficient (Wildman–Crippen LogP) is 2.41. The summed E-state index contributed by atoms with van der Waals surface area (Å²) in [6, 6.07) is 1.99. The first-order chi connectivity index (χ1) is 8.33. The average Bonchev–Trinajstić information content (AvgIpc) is 2.98. The Morgan fingerprint density at radius 1 is 1.35 bits per heavy atom. The van der Waals surface area contributed by atoms with Crippen LogP contribution in [-0.2, 0) is 0 Å². The minimum atomic E-state index is -0.175. The number of aromatic nitrogens is 2. The minimum absolute atomic E-state index is 0.171. The molecular weight excluding hydrogens is 234 g/mol. The summed E-state index contributed by atoms with van der Waals surface area (Å²) in [6.45, 7) is 0.171. The van der Waals surface area contributed by atoms with Crippen molar-refractivity contribution in [2.75, 3.05) is 11.9 Å². The molecule has 1 fully saturated rings. The zero-order valence-electron chi connectivity index (χ0n) is 9.52. The van der Waals surface area contributed by atoms with E-state index in [0.29, 0.717) is 0 Å². The molecule has 0 saturated heterocycles. The molecule has 0 bridgehead atoms. The van der Waals surface area contributed by atoms with Crippen molar-refractivity contribution in [1.82, 2.24) is 9.97 Å². The van der Waals surface area contributed by atoms with Crippen LogP contribution in [0.2, 0.25) is 0 Å². The highest BCUT2D eigenvalue weighted by Gasteiger charge is 2.33. The van der Waals surface area contributed by atoms with E-state index in [9.17, 15) is 5.11 Å². The molecule has 1 aliphatic rings. The van der Waals surface area contributed by atoms with E-state index in [2.05, 4.69) is 15.3 Å². The second-order valence-electron chi connectivity index (χ2n) is 4.63. The Bertz CT molecular complexity index is 519. The first-order valence-electron chi connectivity index (χ1n) is 5.90. The third-order valence-electron chi connectivity index (χ3n) is 3.49. The summed E-state index contributed by atoms with van der Waals surface area (Å²) >= 11 is 1.64. The van der Waals surface area contributed by atoms with Crippen LogP contribution in [-0.4, -0.2) is 27.2 Å². The molecule has 17 heavy (non-hydrogen) atoms. The van der Waals surface area contributed by atoms with E-state index in [4.69, 9.17) is 0 Å². The molecule has 2 N–H and O–H groups in total. The molecule has 0 amide bonds. The predicted molar refractivity (Wildman–Crippen MR) is 69.3 cm³/mol. The lowest BCUT2D eigenvalue weighted by molar-refractivity contribution is 0.214. The Hall–Kier alpha value is -1.20. The molecule has 5 heteroatoms. The SMILES string of the molecule is OCC1(Nc2ncnc3ccsc23)CCCC1. The summed E-state index contributed by atoms with van der Waals surface area (Å²) in [5.74, 6) is 0.862. The normalized spacial score (nSPS) is 18.6. The summed E-state index contributed by atoms with van der Waals surface area (Å²) in [7, 11) is 0. The van der Waals surface area contributed by atoms with E-state index in [0.717, 1.165) is 28.9 Å². The Morgan fingerprint density at radius 3 is 2.94 bits per heavy atom. The van der Waals surface area contributed by atoms with Gasteiger partial charge in [0, 0.05) is 0 Å². The van der Waals surface area contributed by atoms with Gasteiger partial charge in [-0.2, -0.15) is 0 Å². The number of nitrogens with one attached hydrogen (secondary N) is 1. The van der Waals surface area contributed by atoms with Gasteiger partial charge in [-0.25, -0.2) is 9.97 Å². The fourth-order valence-electron chi connectivity index (χ4n) is 2.50. The fraction of sp³-hybridized carbons (Fsp3) is 0.500. The molecule has 0 unspecified atom stereocenters. The summed E-state index contributed by atoms with van der Waals surface area (Å²) in [5, 5.41) is 15.1. The van der Waals surface area contributed by atoms with Crippen LogP contribution in [0.1, 0.15) is 25.7 Å². The van der Waals surface area contributed by atoms with Gasteiger partial charge in [-0.05, 0) is 24.3 Å². The van der Waals surface area contributed by atoms with E-state index in [1.54, 1.807) is 17.7 Å². The van der Waals surface area contributed by atoms with Gasteiger partial charge in [-0.1, -0.05) is 12.8 Å². The van der Waals surface area contributed by atoms with Gasteiger partial charge >= 0.3 is 0 Å². The maximum atomic E-state index is 9.60. The van der Waals surface area contributed by atoms with E-state index in [1.165, 1.54) is 12.8 Å². The van der Waals surface area contributed by atoms with Crippen LogP contribution >= 0.6 is 11.3 Å². The van der Waals surface area contributed by atoms with E-state index < -0.39 is 0 Å². The van der Waals surface area contributed by atoms with Gasteiger partial charge in [0.25, 0.3) is 0 Å². The van der Waals surface area contributed by atoms with Crippen molar-refractivity contribution in [3.05, 3.63) is 17.8 Å². The van der Waals surface area contributed by atoms with Crippen molar-refractivity contribution >= 4 is 27.4 Å². The highest BCUT2D eigenvalue weighted by Crippen LogP contribution is 2.35. The van der Waals surface area contributed by atoms with Crippen LogP contribution < -0.4 is 5.32 Å². The van der Waals surface area contributed by atoms with Crippen LogP contribution in [0.25, 0.3) is 10.2 Å². The van der Waals surface area contributed by atoms with Gasteiger partial charge in [0.05, 0.1) is 22.4 Å². The first kappa shape index (κ1) is 10.9. The Balaban J connectivity index is 1.96. The molecule has 1 saturated carbocycles. The lowest BCUT2D eigenvalue weighted by Gasteiger charge is -2.28. The Kier molecular flexibility index (Phi) is 2.72. The number of fused-ring (bicyclic) bond motifs is 1. The standard InChI is InChI=1S/C12H15N3OS/c16-7-12(4-1-2-5-12)15-11-10-9(3-6-17-10)13-8-14-11/h3,6,8,16H,1-2,4-5,7H2,(H,13,14,15). The molecule has 2 heterocycles. The quantitative estimate of drug-likeness (QED) is 0.877. The molecule has 4 nitrogen and oxygen atoms in total. The monoisotopic (exact) mass is 249 g/mol. The zero-order valence-corrected chi connectivity index (χ0v) is 10.3. The number of anilines is 1. The molecule has 0 aliphatic heterocycles. The van der Waals surface area contributed by atoms with Crippen LogP contribution in [0.3, 0.4) is 0 Å². The first-order valence-corrected chi connectivity index (χ1v) is 6.78. The van der Waals surface area contributed by atoms with Crippen molar-refractivity contribution in [3.63, 3.8) is 0 Å². The number of hydrogen-bond donors (Lipinski definition) is 2. The number of nitrogens with zero attached hydrogens (tertiary/aromatic N) is 2. The van der Waals surface area contributed by atoms with Crippen LogP contribution in [0, 0.1) is 0 Å². The van der Waals surface area contributed by atoms with Crippen molar-refractivity contribution < 1.29 is 5.11 Å². The number of rotatable bonds is 3. The highest BCUT2D eigenvalue weighted by molar-refractivity contribution is 7.17. The second-order valence-corrected chi connectivity index (χ2v) is 5.54. The van der Waals surface area contributed by atoms with E-state index in [-0.39, 0.29) is 12.1 Å². The summed E-state index contributed by atoms with van der Waals surface area (Å²) in [5.41, 5.74) is 0.796. The molecular formula is C12H15N3OS. The summed E-state index contributed by atoms with van der Waals surface area (Å²) in [6.07, 6.45) is 5.95. The molecule has 0 atom stereocenters. The molecule has 0 spiro atoms. The Morgan fingerprint density at radius 2 is 2.18 bits per heavy atom. The second kappa shape index (κ2) is 4.23. The van der Waals surface area contributed by atoms with Crippen molar-refractivity contribution in [3.8, 4) is 0 Å². The van der Waals surface area contributed by atoms with E-state index >= 15 is 0 Å². The summed E-state index contributed by atoms with van der Waals surface area (Å²) < 4.78 is 1.08. The molecule has 1 aliphatic carbocycles. The van der Waals surface area contributed by atoms with Crippen LogP contribution in [0.5, 0.6) is 0 Å². The number of aliphatic hydroxyl groups is 1. The molecule has 0 aromatic carbocycles. The third-order valence-corrected chi connectivity index (χ3v) is 4.40. The van der Waals surface area contributed by atoms with Crippen molar-refractivity contribution in [2.45, 2.75) is 31.2 Å². The minimum Gasteiger partial charge on any atom is -0.394 e. The zero-order chi connectivity index (χ0) is 11.7. The smallest absolute Gasteiger partial charge is 0.147 e. The largest absolute Gasteiger partial charge is 0.394 e. The molecule has 2 aromatic rings. The van der Waals surface area contributed by atoms with Gasteiger partial charge in [-0.3, -0.25) is 0 Å². The van der Waals surface area contributed by atoms with Crippen molar-refractivity contribution in [2.24, 2.45) is 0 Å². The van der Waals surface area contributed by atoms with Crippen molar-refractivity contribution in [1.29, 1.82) is 0 Å². The number of hydrogen-bond acceptors (Lipinski definition) is 5. The maximum Gasteiger partial charge on any atom is 0.147 e. The van der Waals surface area contributed by atoms with Gasteiger partial charge in [0.15, 0.2) is 0 Å². The maximum absolute atomic E-state index is 9.60. The van der Waals surface area contributed by atoms with Gasteiger partial charge in [0.2, 0.25) is 0 Å². The van der Waals surface area contributed by atoms with E-state index in [1.807, 2.05) is 11.4 Å². The highest BCUT2D eigenvalue weighted by atomic mass is 32.1. The topological polar surface area (TPSA) is 58.0 Å². The fourth-order valence-corrected chi connectivity index (χ4v) is 3.29. The average molecular weight is 249 g/mol. The lowest BCUT2D eigenvalue weighted by Crippen LogP contribution is -2.39. The number of aliphatic hydroxyl groups excluding tert-OH is 1. The molecule has 90 valence electrons. The van der Waals surface area contributed by atoms with Gasteiger partial charge in [0.1, 0.15) is 12.1 Å². The third kappa shape index (κ3) is 1.89. The molecule has 2 aromatic heterocycles. The van der Waals surface area contributed by atoms with Crippen LogP contribution in [0.4, 0.5) is 5.82 Å². The Labute approximate surface area is 104 Å². The molecule has 3 rings (SSSR count). The van der Waals surface area contributed by atoms with Gasteiger partial charge in [-0.15, -0.1) is 11.3 Å².